The Labute approximate surface area is 165 Å². The summed E-state index contributed by atoms with van der Waals surface area (Å²) in [5, 5.41) is 13.1. The van der Waals surface area contributed by atoms with E-state index >= 15 is 0 Å². The molecule has 29 heavy (non-hydrogen) atoms. The Hall–Kier alpha value is -3.13. The van der Waals surface area contributed by atoms with Gasteiger partial charge in [0.15, 0.2) is 0 Å². The number of anilines is 1. The first-order chi connectivity index (χ1) is 13.3. The maximum absolute atomic E-state index is 11.5. The fourth-order valence-electron chi connectivity index (χ4n) is 2.34. The largest absolute Gasteiger partial charge is 0.744 e. The summed E-state index contributed by atoms with van der Waals surface area (Å²) in [6.45, 7) is 1.18. The lowest BCUT2D eigenvalue weighted by atomic mass is 10.1. The summed E-state index contributed by atoms with van der Waals surface area (Å²) in [5.41, 5.74) is -0.978. The molecule has 0 aliphatic rings. The number of amides is 1. The molecule has 0 saturated heterocycles. The summed E-state index contributed by atoms with van der Waals surface area (Å²) in [4.78, 5) is 19.4. The fraction of sp³-hybridized carbons (Fsp3) is 0.0625. The normalized spacial score (nSPS) is 12.1. The molecule has 0 fully saturated rings. The number of hydrogen-bond donors (Lipinski definition) is 1. The molecule has 0 saturated carbocycles. The van der Waals surface area contributed by atoms with Crippen molar-refractivity contribution in [2.45, 2.75) is 16.7 Å². The Morgan fingerprint density at radius 1 is 0.931 bits per heavy atom. The van der Waals surface area contributed by atoms with Crippen molar-refractivity contribution in [2.24, 2.45) is 0 Å². The second-order valence-electron chi connectivity index (χ2n) is 5.65. The predicted octanol–water partition coefficient (Wildman–Crippen LogP) is 1.53. The molecule has 0 heterocycles. The van der Waals surface area contributed by atoms with E-state index in [-0.39, 0.29) is 16.8 Å². The van der Waals surface area contributed by atoms with E-state index < -0.39 is 46.5 Å². The molecule has 11 nitrogen and oxygen atoms in total. The molecule has 2 aromatic rings. The number of benzene rings is 2. The van der Waals surface area contributed by atoms with E-state index in [1.807, 2.05) is 0 Å². The fourth-order valence-corrected chi connectivity index (χ4v) is 3.73. The third-order valence-corrected chi connectivity index (χ3v) is 5.31. The van der Waals surface area contributed by atoms with Gasteiger partial charge in [0, 0.05) is 24.7 Å². The van der Waals surface area contributed by atoms with Crippen LogP contribution in [0.1, 0.15) is 18.1 Å². The molecule has 0 spiro atoms. The lowest BCUT2D eigenvalue weighted by molar-refractivity contribution is -0.385. The number of nitro groups is 1. The number of nitrogens with zero attached hydrogens (tertiary/aromatic N) is 1. The van der Waals surface area contributed by atoms with Crippen molar-refractivity contribution < 1.29 is 35.7 Å². The summed E-state index contributed by atoms with van der Waals surface area (Å²) in [7, 11) is -10.1. The van der Waals surface area contributed by atoms with Crippen LogP contribution in [-0.2, 0) is 25.0 Å². The van der Waals surface area contributed by atoms with E-state index in [0.717, 1.165) is 30.4 Å². The standard InChI is InChI=1S/C16H14N2O9S2/c1-10(19)17-13-6-4-11(15(8-13)28(22,23)24)2-3-12-5-7-14(18(20)21)9-16(12)29(25,26)27/h2-9H,1H3,(H,17,19)(H,22,23,24)(H,25,26,27)/p-2/b3-2+. The van der Waals surface area contributed by atoms with Crippen LogP contribution in [0.25, 0.3) is 12.2 Å². The number of nitro benzene ring substituents is 1. The van der Waals surface area contributed by atoms with Crippen molar-refractivity contribution in [3.8, 4) is 0 Å². The van der Waals surface area contributed by atoms with E-state index in [1.165, 1.54) is 19.1 Å². The van der Waals surface area contributed by atoms with Gasteiger partial charge in [-0.05, 0) is 29.3 Å². The highest BCUT2D eigenvalue weighted by atomic mass is 32.2. The zero-order valence-corrected chi connectivity index (χ0v) is 16.2. The highest BCUT2D eigenvalue weighted by Crippen LogP contribution is 2.26. The van der Waals surface area contributed by atoms with Crippen LogP contribution < -0.4 is 5.32 Å². The summed E-state index contributed by atoms with van der Waals surface area (Å²) in [5.74, 6) is -0.501. The van der Waals surface area contributed by atoms with Crippen LogP contribution in [-0.4, -0.2) is 36.8 Å². The van der Waals surface area contributed by atoms with Gasteiger partial charge in [0.05, 0.1) is 14.7 Å². The van der Waals surface area contributed by atoms with E-state index in [4.69, 9.17) is 0 Å². The Morgan fingerprint density at radius 2 is 1.41 bits per heavy atom. The van der Waals surface area contributed by atoms with E-state index in [1.54, 1.807) is 0 Å². The lowest BCUT2D eigenvalue weighted by Crippen LogP contribution is -2.08. The second-order valence-corrected chi connectivity index (χ2v) is 8.35. The number of hydrogen-bond acceptors (Lipinski definition) is 9. The Morgan fingerprint density at radius 3 is 1.86 bits per heavy atom. The van der Waals surface area contributed by atoms with Crippen molar-refractivity contribution in [3.63, 3.8) is 0 Å². The third-order valence-electron chi connectivity index (χ3n) is 3.52. The van der Waals surface area contributed by atoms with Gasteiger partial charge in [0.1, 0.15) is 20.2 Å². The predicted molar refractivity (Wildman–Crippen MR) is 98.7 cm³/mol. The molecule has 0 aliphatic heterocycles. The highest BCUT2D eigenvalue weighted by molar-refractivity contribution is 7.86. The van der Waals surface area contributed by atoms with Gasteiger partial charge in [-0.1, -0.05) is 18.2 Å². The van der Waals surface area contributed by atoms with Crippen LogP contribution in [0.3, 0.4) is 0 Å². The lowest BCUT2D eigenvalue weighted by Gasteiger charge is -2.13. The molecule has 0 radical (unpaired) electrons. The summed E-state index contributed by atoms with van der Waals surface area (Å²) >= 11 is 0. The minimum atomic E-state index is -5.09. The zero-order valence-electron chi connectivity index (χ0n) is 14.6. The highest BCUT2D eigenvalue weighted by Gasteiger charge is 2.15. The van der Waals surface area contributed by atoms with Crippen LogP contribution in [0.2, 0.25) is 0 Å². The van der Waals surface area contributed by atoms with E-state index in [2.05, 4.69) is 5.32 Å². The van der Waals surface area contributed by atoms with Crippen molar-refractivity contribution in [3.05, 3.63) is 57.6 Å². The maximum Gasteiger partial charge on any atom is 0.270 e. The van der Waals surface area contributed by atoms with Gasteiger partial charge in [-0.3, -0.25) is 14.9 Å². The van der Waals surface area contributed by atoms with Crippen LogP contribution in [0.5, 0.6) is 0 Å². The van der Waals surface area contributed by atoms with Crippen LogP contribution in [0.15, 0.2) is 46.2 Å². The summed E-state index contributed by atoms with van der Waals surface area (Å²) in [6.07, 6.45) is 2.08. The molecule has 2 aromatic carbocycles. The molecule has 0 bridgehead atoms. The maximum atomic E-state index is 11.5. The van der Waals surface area contributed by atoms with Crippen molar-refractivity contribution >= 4 is 49.7 Å². The summed E-state index contributed by atoms with van der Waals surface area (Å²) in [6, 6.07) is 5.94. The Balaban J connectivity index is 2.59. The van der Waals surface area contributed by atoms with Crippen LogP contribution >= 0.6 is 0 Å². The quantitative estimate of drug-likeness (QED) is 0.301. The molecule has 1 N–H and O–H groups in total. The SMILES string of the molecule is CC(=O)Nc1ccc(/C=C/c2ccc([N+](=O)[O-])cc2S(=O)(=O)[O-])c(S(=O)(=O)[O-])c1. The summed E-state index contributed by atoms with van der Waals surface area (Å²) < 4.78 is 68.8. The Bertz CT molecular complexity index is 1230. The molecule has 0 aliphatic carbocycles. The first kappa shape index (κ1) is 22.2. The number of non-ortho nitro benzene ring substituents is 1. The minimum absolute atomic E-state index is 0.0437. The van der Waals surface area contributed by atoms with Gasteiger partial charge in [-0.25, -0.2) is 16.8 Å². The molecular weight excluding hydrogens is 428 g/mol. The smallest absolute Gasteiger partial charge is 0.270 e. The van der Waals surface area contributed by atoms with Crippen LogP contribution in [0.4, 0.5) is 11.4 Å². The van der Waals surface area contributed by atoms with E-state index in [0.29, 0.717) is 6.07 Å². The van der Waals surface area contributed by atoms with Gasteiger partial charge in [0.2, 0.25) is 5.91 Å². The Kier molecular flexibility index (Phi) is 6.18. The van der Waals surface area contributed by atoms with Gasteiger partial charge in [0.25, 0.3) is 5.69 Å². The molecule has 2 rings (SSSR count). The first-order valence-corrected chi connectivity index (χ1v) is 10.4. The van der Waals surface area contributed by atoms with Crippen LogP contribution in [0, 0.1) is 10.1 Å². The molecule has 0 unspecified atom stereocenters. The molecule has 13 heteroatoms. The van der Waals surface area contributed by atoms with E-state index in [9.17, 15) is 40.8 Å². The average molecular weight is 440 g/mol. The van der Waals surface area contributed by atoms with Gasteiger partial charge in [-0.15, -0.1) is 0 Å². The molecule has 154 valence electrons. The monoisotopic (exact) mass is 440 g/mol. The molecule has 0 aromatic heterocycles. The van der Waals surface area contributed by atoms with Crippen molar-refractivity contribution in [2.75, 3.05) is 5.32 Å². The molecular formula is C16H12N2O9S2-2. The number of carbonyl (C=O) groups excluding carboxylic acids is 1. The number of carbonyl (C=O) groups is 1. The number of rotatable bonds is 6. The first-order valence-electron chi connectivity index (χ1n) is 7.59. The minimum Gasteiger partial charge on any atom is -0.744 e. The van der Waals surface area contributed by atoms with Gasteiger partial charge >= 0.3 is 0 Å². The van der Waals surface area contributed by atoms with Gasteiger partial charge < -0.3 is 14.4 Å². The topological polar surface area (TPSA) is 187 Å². The average Bonchev–Trinajstić information content (AvgIpc) is 2.58. The zero-order chi connectivity index (χ0) is 22.0. The third kappa shape index (κ3) is 5.68. The van der Waals surface area contributed by atoms with Crippen molar-refractivity contribution in [1.29, 1.82) is 0 Å². The molecule has 0 atom stereocenters. The second kappa shape index (κ2) is 8.08. The van der Waals surface area contributed by atoms with Crippen molar-refractivity contribution in [1.82, 2.24) is 0 Å². The molecule has 1 amide bonds. The van der Waals surface area contributed by atoms with Gasteiger partial charge in [-0.2, -0.15) is 0 Å². The number of nitrogens with one attached hydrogen (secondary N) is 1.